The number of ether oxygens (including phenoxy) is 1. The third-order valence-electron chi connectivity index (χ3n) is 5.62. The van der Waals surface area contributed by atoms with E-state index in [9.17, 15) is 13.2 Å². The summed E-state index contributed by atoms with van der Waals surface area (Å²) in [4.78, 5) is 13.3. The van der Waals surface area contributed by atoms with Gasteiger partial charge in [0.1, 0.15) is 12.3 Å². The average Bonchev–Trinajstić information content (AvgIpc) is 2.89. The third kappa shape index (κ3) is 5.75. The summed E-state index contributed by atoms with van der Waals surface area (Å²) in [6.45, 7) is 3.87. The molecule has 0 bridgehead atoms. The topological polar surface area (TPSA) is 75.7 Å². The predicted octanol–water partition coefficient (Wildman–Crippen LogP) is 5.89. The van der Waals surface area contributed by atoms with Gasteiger partial charge in [0, 0.05) is 11.3 Å². The number of carbonyl (C=O) groups is 1. The second-order valence-electron chi connectivity index (χ2n) is 8.21. The van der Waals surface area contributed by atoms with E-state index in [1.54, 1.807) is 30.3 Å². The molecule has 0 saturated heterocycles. The highest BCUT2D eigenvalue weighted by Gasteiger charge is 2.27. The Labute approximate surface area is 212 Å². The molecule has 4 aromatic carbocycles. The molecule has 0 aliphatic carbocycles. The molecular formula is C29H28N2O4S. The van der Waals surface area contributed by atoms with E-state index in [4.69, 9.17) is 4.74 Å². The van der Waals surface area contributed by atoms with Crippen molar-refractivity contribution in [3.8, 4) is 16.9 Å². The Balaban J connectivity index is 1.64. The van der Waals surface area contributed by atoms with Crippen LogP contribution in [0.4, 0.5) is 11.4 Å². The Morgan fingerprint density at radius 1 is 0.833 bits per heavy atom. The summed E-state index contributed by atoms with van der Waals surface area (Å²) in [5, 5.41) is 2.90. The van der Waals surface area contributed by atoms with Crippen LogP contribution in [0.2, 0.25) is 0 Å². The van der Waals surface area contributed by atoms with E-state index in [1.165, 1.54) is 12.1 Å². The number of amides is 1. The van der Waals surface area contributed by atoms with Crippen LogP contribution in [0.15, 0.2) is 108 Å². The van der Waals surface area contributed by atoms with Crippen molar-refractivity contribution in [2.45, 2.75) is 18.7 Å². The molecule has 0 heterocycles. The number of para-hydroxylation sites is 1. The van der Waals surface area contributed by atoms with Crippen LogP contribution in [0.1, 0.15) is 12.5 Å². The molecule has 184 valence electrons. The van der Waals surface area contributed by atoms with Gasteiger partial charge in [-0.2, -0.15) is 0 Å². The highest BCUT2D eigenvalue weighted by molar-refractivity contribution is 7.92. The molecule has 7 heteroatoms. The van der Waals surface area contributed by atoms with Gasteiger partial charge in [0.25, 0.3) is 10.0 Å². The van der Waals surface area contributed by atoms with Crippen LogP contribution < -0.4 is 14.4 Å². The zero-order valence-electron chi connectivity index (χ0n) is 20.2. The van der Waals surface area contributed by atoms with Crippen LogP contribution in [-0.4, -0.2) is 27.5 Å². The number of benzene rings is 4. The Kier molecular flexibility index (Phi) is 7.71. The maximum atomic E-state index is 13.7. The maximum Gasteiger partial charge on any atom is 0.264 e. The van der Waals surface area contributed by atoms with Gasteiger partial charge in [0.2, 0.25) is 5.91 Å². The molecule has 4 rings (SSSR count). The second kappa shape index (κ2) is 11.1. The van der Waals surface area contributed by atoms with Crippen molar-refractivity contribution in [2.24, 2.45) is 0 Å². The molecule has 0 aliphatic rings. The van der Waals surface area contributed by atoms with Gasteiger partial charge >= 0.3 is 0 Å². The first-order valence-electron chi connectivity index (χ1n) is 11.6. The normalized spacial score (nSPS) is 11.1. The van der Waals surface area contributed by atoms with Gasteiger partial charge in [-0.25, -0.2) is 8.42 Å². The van der Waals surface area contributed by atoms with Gasteiger partial charge < -0.3 is 10.1 Å². The van der Waals surface area contributed by atoms with Crippen molar-refractivity contribution in [2.75, 3.05) is 22.8 Å². The fraction of sp³-hybridized carbons (Fsp3) is 0.138. The molecule has 0 fully saturated rings. The lowest BCUT2D eigenvalue weighted by atomic mass is 10.0. The first-order chi connectivity index (χ1) is 17.4. The van der Waals surface area contributed by atoms with E-state index in [2.05, 4.69) is 5.32 Å². The highest BCUT2D eigenvalue weighted by Crippen LogP contribution is 2.29. The summed E-state index contributed by atoms with van der Waals surface area (Å²) >= 11 is 0. The summed E-state index contributed by atoms with van der Waals surface area (Å²) in [7, 11) is -4.03. The van der Waals surface area contributed by atoms with Crippen LogP contribution >= 0.6 is 0 Å². The molecule has 0 aromatic heterocycles. The Hall–Kier alpha value is -4.10. The van der Waals surface area contributed by atoms with Crippen LogP contribution in [-0.2, 0) is 14.8 Å². The molecule has 0 unspecified atom stereocenters. The number of anilines is 2. The molecule has 0 spiro atoms. The van der Waals surface area contributed by atoms with Gasteiger partial charge in [-0.1, -0.05) is 66.2 Å². The van der Waals surface area contributed by atoms with E-state index >= 15 is 0 Å². The Morgan fingerprint density at radius 3 is 2.14 bits per heavy atom. The fourth-order valence-corrected chi connectivity index (χ4v) is 5.23. The number of sulfonamides is 1. The monoisotopic (exact) mass is 500 g/mol. The quantitative estimate of drug-likeness (QED) is 0.311. The average molecular weight is 501 g/mol. The summed E-state index contributed by atoms with van der Waals surface area (Å²) in [5.41, 5.74) is 3.80. The minimum absolute atomic E-state index is 0.0732. The van der Waals surface area contributed by atoms with E-state index in [1.807, 2.05) is 74.5 Å². The molecule has 0 atom stereocenters. The van der Waals surface area contributed by atoms with Crippen molar-refractivity contribution < 1.29 is 17.9 Å². The summed E-state index contributed by atoms with van der Waals surface area (Å²) in [5.74, 6) is 0.127. The van der Waals surface area contributed by atoms with Gasteiger partial charge in [-0.05, 0) is 61.9 Å². The lowest BCUT2D eigenvalue weighted by molar-refractivity contribution is -0.114. The first-order valence-corrected chi connectivity index (χ1v) is 13.1. The van der Waals surface area contributed by atoms with Crippen molar-refractivity contribution in [3.05, 3.63) is 109 Å². The number of hydrogen-bond donors (Lipinski definition) is 1. The van der Waals surface area contributed by atoms with Crippen LogP contribution in [0, 0.1) is 6.92 Å². The molecule has 0 saturated carbocycles. The number of aryl methyl sites for hydroxylation is 1. The van der Waals surface area contributed by atoms with Crippen molar-refractivity contribution in [1.29, 1.82) is 0 Å². The SMILES string of the molecule is CCOc1ccc(S(=O)(=O)N(CC(=O)Nc2ccccc2-c2ccccc2)c2ccc(C)cc2)cc1. The summed E-state index contributed by atoms with van der Waals surface area (Å²) < 4.78 is 33.9. The first kappa shape index (κ1) is 25.0. The van der Waals surface area contributed by atoms with E-state index in [0.29, 0.717) is 23.7 Å². The molecule has 4 aromatic rings. The van der Waals surface area contributed by atoms with Crippen LogP contribution in [0.5, 0.6) is 5.75 Å². The summed E-state index contributed by atoms with van der Waals surface area (Å²) in [6, 6.07) is 30.4. The standard InChI is InChI=1S/C29H28N2O4S/c1-3-35-25-17-19-26(20-18-25)36(33,34)31(24-15-13-22(2)14-16-24)21-29(32)30-28-12-8-7-11-27(28)23-9-5-4-6-10-23/h4-20H,3,21H2,1-2H3,(H,30,32). The molecule has 0 radical (unpaired) electrons. The number of nitrogens with one attached hydrogen (secondary N) is 1. The zero-order valence-corrected chi connectivity index (χ0v) is 21.0. The minimum atomic E-state index is -4.03. The predicted molar refractivity (Wildman–Crippen MR) is 144 cm³/mol. The minimum Gasteiger partial charge on any atom is -0.494 e. The van der Waals surface area contributed by atoms with E-state index < -0.39 is 15.9 Å². The number of rotatable bonds is 9. The highest BCUT2D eigenvalue weighted by atomic mass is 32.2. The van der Waals surface area contributed by atoms with Gasteiger partial charge in [0.05, 0.1) is 17.2 Å². The number of carbonyl (C=O) groups excluding carboxylic acids is 1. The fourth-order valence-electron chi connectivity index (χ4n) is 3.81. The third-order valence-corrected chi connectivity index (χ3v) is 7.41. The molecular weight excluding hydrogens is 472 g/mol. The van der Waals surface area contributed by atoms with Crippen molar-refractivity contribution >= 4 is 27.3 Å². The van der Waals surface area contributed by atoms with Gasteiger partial charge in [-0.15, -0.1) is 0 Å². The van der Waals surface area contributed by atoms with Gasteiger partial charge in [-0.3, -0.25) is 9.10 Å². The molecule has 0 aliphatic heterocycles. The van der Waals surface area contributed by atoms with E-state index in [0.717, 1.165) is 21.0 Å². The lowest BCUT2D eigenvalue weighted by Gasteiger charge is -2.24. The van der Waals surface area contributed by atoms with Crippen LogP contribution in [0.3, 0.4) is 0 Å². The molecule has 1 amide bonds. The Morgan fingerprint density at radius 2 is 1.47 bits per heavy atom. The molecule has 36 heavy (non-hydrogen) atoms. The van der Waals surface area contributed by atoms with Crippen molar-refractivity contribution in [1.82, 2.24) is 0 Å². The smallest absolute Gasteiger partial charge is 0.264 e. The zero-order chi connectivity index (χ0) is 25.5. The van der Waals surface area contributed by atoms with Gasteiger partial charge in [0.15, 0.2) is 0 Å². The summed E-state index contributed by atoms with van der Waals surface area (Å²) in [6.07, 6.45) is 0. The van der Waals surface area contributed by atoms with Crippen molar-refractivity contribution in [3.63, 3.8) is 0 Å². The second-order valence-corrected chi connectivity index (χ2v) is 10.1. The number of hydrogen-bond acceptors (Lipinski definition) is 4. The van der Waals surface area contributed by atoms with Crippen LogP contribution in [0.25, 0.3) is 11.1 Å². The van der Waals surface area contributed by atoms with E-state index in [-0.39, 0.29) is 11.4 Å². The molecule has 6 nitrogen and oxygen atoms in total. The largest absolute Gasteiger partial charge is 0.494 e. The lowest BCUT2D eigenvalue weighted by Crippen LogP contribution is -2.38. The molecule has 1 N–H and O–H groups in total. The maximum absolute atomic E-state index is 13.7. The Bertz CT molecular complexity index is 1420. The number of nitrogens with zero attached hydrogens (tertiary/aromatic N) is 1.